The highest BCUT2D eigenvalue weighted by atomic mass is 35.5. The van der Waals surface area contributed by atoms with Gasteiger partial charge in [-0.1, -0.05) is 24.6 Å². The molecule has 0 spiro atoms. The van der Waals surface area contributed by atoms with Gasteiger partial charge in [0.05, 0.1) is 11.1 Å². The zero-order chi connectivity index (χ0) is 13.1. The normalized spacial score (nSPS) is 12.7. The van der Waals surface area contributed by atoms with E-state index in [1.165, 1.54) is 6.07 Å². The maximum atomic E-state index is 13.5. The fourth-order valence-corrected chi connectivity index (χ4v) is 2.00. The highest BCUT2D eigenvalue weighted by Crippen LogP contribution is 2.26. The van der Waals surface area contributed by atoms with E-state index in [2.05, 4.69) is 5.32 Å². The Morgan fingerprint density at radius 1 is 1.33 bits per heavy atom. The molecule has 1 aromatic carbocycles. The van der Waals surface area contributed by atoms with Gasteiger partial charge < -0.3 is 9.73 Å². The van der Waals surface area contributed by atoms with Crippen LogP contribution in [0.5, 0.6) is 0 Å². The highest BCUT2D eigenvalue weighted by molar-refractivity contribution is 6.30. The van der Waals surface area contributed by atoms with E-state index in [-0.39, 0.29) is 11.1 Å². The van der Waals surface area contributed by atoms with Gasteiger partial charge in [0.1, 0.15) is 17.3 Å². The number of hydrogen-bond acceptors (Lipinski definition) is 2. The first-order chi connectivity index (χ1) is 8.61. The number of furan rings is 1. The average molecular weight is 268 g/mol. The molecule has 0 bridgehead atoms. The number of hydrogen-bond donors (Lipinski definition) is 1. The number of nitrogens with one attached hydrogen (secondary N) is 1. The average Bonchev–Trinajstić information content (AvgIpc) is 2.76. The van der Waals surface area contributed by atoms with Crippen LogP contribution >= 0.6 is 11.6 Å². The highest BCUT2D eigenvalue weighted by Gasteiger charge is 2.17. The molecule has 2 aromatic rings. The summed E-state index contributed by atoms with van der Waals surface area (Å²) in [6, 6.07) is 8.44. The van der Waals surface area contributed by atoms with Gasteiger partial charge in [0.15, 0.2) is 0 Å². The Morgan fingerprint density at radius 2 is 2.11 bits per heavy atom. The van der Waals surface area contributed by atoms with Crippen molar-refractivity contribution in [1.82, 2.24) is 5.32 Å². The molecule has 1 N–H and O–H groups in total. The number of aryl methyl sites for hydroxylation is 1. The minimum atomic E-state index is -0.416. The Bertz CT molecular complexity index is 538. The molecule has 0 aliphatic carbocycles. The summed E-state index contributed by atoms with van der Waals surface area (Å²) >= 11 is 5.69. The zero-order valence-electron chi connectivity index (χ0n) is 10.3. The Hall–Kier alpha value is -1.32. The summed E-state index contributed by atoms with van der Waals surface area (Å²) in [5.41, 5.74) is 0.799. The van der Waals surface area contributed by atoms with E-state index in [0.29, 0.717) is 0 Å². The lowest BCUT2D eigenvalue weighted by molar-refractivity contribution is 0.434. The Kier molecular flexibility index (Phi) is 4.04. The van der Waals surface area contributed by atoms with E-state index < -0.39 is 5.82 Å². The second-order valence-electron chi connectivity index (χ2n) is 4.11. The van der Waals surface area contributed by atoms with E-state index in [1.54, 1.807) is 12.1 Å². The van der Waals surface area contributed by atoms with Gasteiger partial charge in [-0.05, 0) is 43.3 Å². The van der Waals surface area contributed by atoms with E-state index >= 15 is 0 Å². The summed E-state index contributed by atoms with van der Waals surface area (Å²) < 4.78 is 19.1. The van der Waals surface area contributed by atoms with Crippen molar-refractivity contribution >= 4 is 11.6 Å². The lowest BCUT2D eigenvalue weighted by Crippen LogP contribution is -2.21. The van der Waals surface area contributed by atoms with Crippen molar-refractivity contribution in [2.75, 3.05) is 6.54 Å². The van der Waals surface area contributed by atoms with E-state index in [1.807, 2.05) is 26.0 Å². The van der Waals surface area contributed by atoms with Gasteiger partial charge >= 0.3 is 0 Å². The minimum Gasteiger partial charge on any atom is -0.464 e. The fourth-order valence-electron chi connectivity index (χ4n) is 1.89. The molecule has 96 valence electrons. The number of halogens is 2. The Labute approximate surface area is 111 Å². The van der Waals surface area contributed by atoms with Gasteiger partial charge in [-0.15, -0.1) is 0 Å². The third-order valence-corrected chi connectivity index (χ3v) is 3.04. The summed E-state index contributed by atoms with van der Waals surface area (Å²) in [4.78, 5) is 0. The predicted molar refractivity (Wildman–Crippen MR) is 70.4 cm³/mol. The molecule has 0 fully saturated rings. The Balaban J connectivity index is 2.37. The first-order valence-corrected chi connectivity index (χ1v) is 6.24. The van der Waals surface area contributed by atoms with Gasteiger partial charge in [0.25, 0.3) is 0 Å². The zero-order valence-corrected chi connectivity index (χ0v) is 11.1. The third-order valence-electron chi connectivity index (χ3n) is 2.73. The standard InChI is InChI=1S/C14H15ClFNO/c1-3-17-14(13-7-4-9(2)18-13)10-5-6-11(15)12(16)8-10/h4-8,14,17H,3H2,1-2H3. The third kappa shape index (κ3) is 2.74. The predicted octanol–water partition coefficient (Wildman–Crippen LogP) is 4.08. The molecule has 0 saturated carbocycles. The summed E-state index contributed by atoms with van der Waals surface area (Å²) in [6.07, 6.45) is 0. The summed E-state index contributed by atoms with van der Waals surface area (Å²) in [5, 5.41) is 3.40. The molecule has 2 rings (SSSR count). The second kappa shape index (κ2) is 5.55. The maximum absolute atomic E-state index is 13.5. The maximum Gasteiger partial charge on any atom is 0.142 e. The molecule has 0 amide bonds. The molecule has 1 heterocycles. The largest absolute Gasteiger partial charge is 0.464 e. The van der Waals surface area contributed by atoms with Gasteiger partial charge in [-0.3, -0.25) is 0 Å². The Morgan fingerprint density at radius 3 is 2.67 bits per heavy atom. The monoisotopic (exact) mass is 267 g/mol. The number of rotatable bonds is 4. The van der Waals surface area contributed by atoms with E-state index in [9.17, 15) is 4.39 Å². The summed E-state index contributed by atoms with van der Waals surface area (Å²) in [6.45, 7) is 4.64. The minimum absolute atomic E-state index is 0.129. The molecule has 4 heteroatoms. The van der Waals surface area contributed by atoms with Crippen LogP contribution in [0.1, 0.15) is 30.0 Å². The molecule has 0 radical (unpaired) electrons. The van der Waals surface area contributed by atoms with Crippen LogP contribution in [0.2, 0.25) is 5.02 Å². The fraction of sp³-hybridized carbons (Fsp3) is 0.286. The van der Waals surface area contributed by atoms with Crippen LogP contribution in [0.3, 0.4) is 0 Å². The molecule has 18 heavy (non-hydrogen) atoms. The number of benzene rings is 1. The van der Waals surface area contributed by atoms with Gasteiger partial charge in [0, 0.05) is 0 Å². The lowest BCUT2D eigenvalue weighted by Gasteiger charge is -2.16. The smallest absolute Gasteiger partial charge is 0.142 e. The van der Waals surface area contributed by atoms with Crippen molar-refractivity contribution in [3.8, 4) is 0 Å². The lowest BCUT2D eigenvalue weighted by atomic mass is 10.0. The topological polar surface area (TPSA) is 25.2 Å². The van der Waals surface area contributed by atoms with Crippen LogP contribution in [0.15, 0.2) is 34.7 Å². The van der Waals surface area contributed by atoms with Crippen molar-refractivity contribution in [1.29, 1.82) is 0 Å². The SMILES string of the molecule is CCNC(c1ccc(Cl)c(F)c1)c1ccc(C)o1. The molecule has 2 nitrogen and oxygen atoms in total. The van der Waals surface area contributed by atoms with Crippen LogP contribution in [0, 0.1) is 12.7 Å². The first-order valence-electron chi connectivity index (χ1n) is 5.86. The van der Waals surface area contributed by atoms with Gasteiger partial charge in [0.2, 0.25) is 0 Å². The van der Waals surface area contributed by atoms with Gasteiger partial charge in [-0.25, -0.2) is 4.39 Å². The summed E-state index contributed by atoms with van der Waals surface area (Å²) in [5.74, 6) is 1.19. The first kappa shape index (κ1) is 13.1. The second-order valence-corrected chi connectivity index (χ2v) is 4.52. The van der Waals surface area contributed by atoms with Crippen LogP contribution in [0.4, 0.5) is 4.39 Å². The quantitative estimate of drug-likeness (QED) is 0.903. The van der Waals surface area contributed by atoms with Crippen LogP contribution in [-0.4, -0.2) is 6.54 Å². The van der Waals surface area contributed by atoms with Crippen LogP contribution in [-0.2, 0) is 0 Å². The molecular weight excluding hydrogens is 253 g/mol. The van der Waals surface area contributed by atoms with Crippen LogP contribution < -0.4 is 5.32 Å². The molecule has 0 aliphatic rings. The van der Waals surface area contributed by atoms with Gasteiger partial charge in [-0.2, -0.15) is 0 Å². The molecule has 0 saturated heterocycles. The molecule has 1 atom stereocenters. The summed E-state index contributed by atoms with van der Waals surface area (Å²) in [7, 11) is 0. The van der Waals surface area contributed by atoms with Crippen molar-refractivity contribution in [2.45, 2.75) is 19.9 Å². The van der Waals surface area contributed by atoms with E-state index in [0.717, 1.165) is 23.6 Å². The van der Waals surface area contributed by atoms with Crippen molar-refractivity contribution < 1.29 is 8.81 Å². The molecule has 1 unspecified atom stereocenters. The van der Waals surface area contributed by atoms with Crippen molar-refractivity contribution in [3.05, 3.63) is 58.3 Å². The van der Waals surface area contributed by atoms with Crippen LogP contribution in [0.25, 0.3) is 0 Å². The molecular formula is C14H15ClFNO. The van der Waals surface area contributed by atoms with Crippen molar-refractivity contribution in [2.24, 2.45) is 0 Å². The van der Waals surface area contributed by atoms with Crippen molar-refractivity contribution in [3.63, 3.8) is 0 Å². The molecule has 0 aliphatic heterocycles. The molecule has 1 aromatic heterocycles. The van der Waals surface area contributed by atoms with E-state index in [4.69, 9.17) is 16.0 Å².